The molecule has 0 unspecified atom stereocenters. The molecule has 1 N–H and O–H groups in total. The van der Waals surface area contributed by atoms with E-state index in [0.29, 0.717) is 31.4 Å². The lowest BCUT2D eigenvalue weighted by molar-refractivity contribution is -0.384. The van der Waals surface area contributed by atoms with Crippen LogP contribution in [0.25, 0.3) is 0 Å². The Kier molecular flexibility index (Phi) is 9.48. The SMILES string of the molecule is CN=C(NCc1cccc([N+](=O)[O-])c1)N(C)CCOc1ccc(F)cc1.I. The van der Waals surface area contributed by atoms with Gasteiger partial charge < -0.3 is 15.0 Å². The van der Waals surface area contributed by atoms with E-state index in [1.165, 1.54) is 24.3 Å². The lowest BCUT2D eigenvalue weighted by Crippen LogP contribution is -2.40. The molecule has 0 fully saturated rings. The molecule has 0 saturated heterocycles. The van der Waals surface area contributed by atoms with Gasteiger partial charge in [0.2, 0.25) is 0 Å². The number of nitro groups is 1. The maximum Gasteiger partial charge on any atom is 0.269 e. The number of guanidine groups is 1. The van der Waals surface area contributed by atoms with Gasteiger partial charge >= 0.3 is 0 Å². The highest BCUT2D eigenvalue weighted by Crippen LogP contribution is 2.13. The van der Waals surface area contributed by atoms with Gasteiger partial charge in [-0.2, -0.15) is 0 Å². The average Bonchev–Trinajstić information content (AvgIpc) is 2.64. The molecule has 27 heavy (non-hydrogen) atoms. The van der Waals surface area contributed by atoms with Crippen molar-refractivity contribution in [1.82, 2.24) is 10.2 Å². The fourth-order valence-electron chi connectivity index (χ4n) is 2.28. The second kappa shape index (κ2) is 11.3. The van der Waals surface area contributed by atoms with Gasteiger partial charge in [0, 0.05) is 32.8 Å². The minimum atomic E-state index is -0.419. The highest BCUT2D eigenvalue weighted by molar-refractivity contribution is 14.0. The number of benzene rings is 2. The van der Waals surface area contributed by atoms with Crippen molar-refractivity contribution < 1.29 is 14.1 Å². The summed E-state index contributed by atoms with van der Waals surface area (Å²) in [7, 11) is 3.52. The number of nitro benzene ring substituents is 1. The molecule has 2 rings (SSSR count). The number of hydrogen-bond donors (Lipinski definition) is 1. The summed E-state index contributed by atoms with van der Waals surface area (Å²) >= 11 is 0. The zero-order valence-electron chi connectivity index (χ0n) is 15.1. The maximum atomic E-state index is 12.9. The largest absolute Gasteiger partial charge is 0.492 e. The Balaban J connectivity index is 0.00000364. The van der Waals surface area contributed by atoms with Crippen LogP contribution in [0.5, 0.6) is 5.75 Å². The Bertz CT molecular complexity index is 771. The van der Waals surface area contributed by atoms with Crippen molar-refractivity contribution in [2.75, 3.05) is 27.2 Å². The van der Waals surface area contributed by atoms with Gasteiger partial charge in [0.25, 0.3) is 5.69 Å². The van der Waals surface area contributed by atoms with Crippen molar-refractivity contribution in [2.45, 2.75) is 6.54 Å². The summed E-state index contributed by atoms with van der Waals surface area (Å²) in [6.07, 6.45) is 0. The van der Waals surface area contributed by atoms with E-state index in [1.807, 2.05) is 18.0 Å². The molecule has 0 saturated carbocycles. The number of non-ortho nitro benzene ring substituents is 1. The lowest BCUT2D eigenvalue weighted by Gasteiger charge is -2.22. The smallest absolute Gasteiger partial charge is 0.269 e. The molecule has 0 aromatic heterocycles. The molecule has 0 heterocycles. The molecule has 146 valence electrons. The maximum absolute atomic E-state index is 12.9. The minimum Gasteiger partial charge on any atom is -0.492 e. The molecule has 0 aliphatic carbocycles. The summed E-state index contributed by atoms with van der Waals surface area (Å²) in [5, 5.41) is 14.0. The third-order valence-corrected chi connectivity index (χ3v) is 3.65. The van der Waals surface area contributed by atoms with Crippen LogP contribution >= 0.6 is 24.0 Å². The van der Waals surface area contributed by atoms with Crippen molar-refractivity contribution in [3.05, 3.63) is 70.0 Å². The van der Waals surface area contributed by atoms with E-state index in [-0.39, 0.29) is 35.5 Å². The highest BCUT2D eigenvalue weighted by Gasteiger charge is 2.08. The molecule has 0 amide bonds. The summed E-state index contributed by atoms with van der Waals surface area (Å²) in [4.78, 5) is 16.5. The molecule has 9 heteroatoms. The van der Waals surface area contributed by atoms with Crippen molar-refractivity contribution in [3.63, 3.8) is 0 Å². The van der Waals surface area contributed by atoms with Crippen LogP contribution < -0.4 is 10.1 Å². The van der Waals surface area contributed by atoms with Gasteiger partial charge in [-0.1, -0.05) is 12.1 Å². The van der Waals surface area contributed by atoms with E-state index in [9.17, 15) is 14.5 Å². The van der Waals surface area contributed by atoms with Crippen LogP contribution in [0.2, 0.25) is 0 Å². The molecule has 0 radical (unpaired) electrons. The Morgan fingerprint density at radius 2 is 2.00 bits per heavy atom. The van der Waals surface area contributed by atoms with Gasteiger partial charge in [0.15, 0.2) is 5.96 Å². The molecule has 0 spiro atoms. The van der Waals surface area contributed by atoms with Gasteiger partial charge in [-0.15, -0.1) is 24.0 Å². The number of nitrogens with zero attached hydrogens (tertiary/aromatic N) is 3. The second-order valence-electron chi connectivity index (χ2n) is 5.55. The van der Waals surface area contributed by atoms with Gasteiger partial charge in [0.05, 0.1) is 11.5 Å². The van der Waals surface area contributed by atoms with E-state index >= 15 is 0 Å². The molecule has 0 bridgehead atoms. The van der Waals surface area contributed by atoms with E-state index in [1.54, 1.807) is 25.2 Å². The first-order valence-corrected chi connectivity index (χ1v) is 8.03. The van der Waals surface area contributed by atoms with Crippen molar-refractivity contribution in [1.29, 1.82) is 0 Å². The third kappa shape index (κ3) is 7.37. The number of nitrogens with one attached hydrogen (secondary N) is 1. The first-order valence-electron chi connectivity index (χ1n) is 8.03. The molecular formula is C18H22FIN4O3. The summed E-state index contributed by atoms with van der Waals surface area (Å²) in [6, 6.07) is 12.3. The Hall–Kier alpha value is -2.43. The predicted molar refractivity (Wildman–Crippen MR) is 113 cm³/mol. The molecule has 2 aromatic rings. The first-order chi connectivity index (χ1) is 12.5. The normalized spacial score (nSPS) is 10.7. The van der Waals surface area contributed by atoms with Crippen LogP contribution in [0.4, 0.5) is 10.1 Å². The van der Waals surface area contributed by atoms with Crippen LogP contribution in [0, 0.1) is 15.9 Å². The molecular weight excluding hydrogens is 466 g/mol. The number of aliphatic imine (C=N–C) groups is 1. The number of hydrogen-bond acceptors (Lipinski definition) is 4. The topological polar surface area (TPSA) is 80.0 Å². The zero-order chi connectivity index (χ0) is 18.9. The zero-order valence-corrected chi connectivity index (χ0v) is 17.4. The van der Waals surface area contributed by atoms with Crippen LogP contribution in [-0.2, 0) is 6.54 Å². The van der Waals surface area contributed by atoms with Crippen LogP contribution in [0.15, 0.2) is 53.5 Å². The predicted octanol–water partition coefficient (Wildman–Crippen LogP) is 3.44. The number of halogens is 2. The fraction of sp³-hybridized carbons (Fsp3) is 0.278. The summed E-state index contributed by atoms with van der Waals surface area (Å²) in [5.74, 6) is 0.929. The first kappa shape index (κ1) is 22.6. The van der Waals surface area contributed by atoms with Gasteiger partial charge in [-0.25, -0.2) is 4.39 Å². The molecule has 7 nitrogen and oxygen atoms in total. The Morgan fingerprint density at radius 3 is 2.63 bits per heavy atom. The van der Waals surface area contributed by atoms with Crippen LogP contribution in [0.3, 0.4) is 0 Å². The van der Waals surface area contributed by atoms with Gasteiger partial charge in [-0.05, 0) is 29.8 Å². The van der Waals surface area contributed by atoms with Crippen LogP contribution in [-0.4, -0.2) is 43.0 Å². The quantitative estimate of drug-likeness (QED) is 0.213. The molecule has 0 atom stereocenters. The minimum absolute atomic E-state index is 0. The monoisotopic (exact) mass is 488 g/mol. The van der Waals surface area contributed by atoms with Gasteiger partial charge in [0.1, 0.15) is 18.2 Å². The highest BCUT2D eigenvalue weighted by atomic mass is 127. The lowest BCUT2D eigenvalue weighted by atomic mass is 10.2. The summed E-state index contributed by atoms with van der Waals surface area (Å²) < 4.78 is 18.4. The second-order valence-corrected chi connectivity index (χ2v) is 5.55. The Labute approximate surface area is 174 Å². The van der Waals surface area contributed by atoms with E-state index in [2.05, 4.69) is 10.3 Å². The van der Waals surface area contributed by atoms with Crippen molar-refractivity contribution in [2.24, 2.45) is 4.99 Å². The van der Waals surface area contributed by atoms with Crippen LogP contribution in [0.1, 0.15) is 5.56 Å². The number of ether oxygens (including phenoxy) is 1. The summed E-state index contributed by atoms with van der Waals surface area (Å²) in [6.45, 7) is 1.38. The molecule has 2 aromatic carbocycles. The molecule has 0 aliphatic heterocycles. The summed E-state index contributed by atoms with van der Waals surface area (Å²) in [5.41, 5.74) is 0.844. The van der Waals surface area contributed by atoms with E-state index in [4.69, 9.17) is 4.74 Å². The molecule has 0 aliphatic rings. The fourth-order valence-corrected chi connectivity index (χ4v) is 2.28. The van der Waals surface area contributed by atoms with Crippen molar-refractivity contribution in [3.8, 4) is 5.75 Å². The number of rotatable bonds is 7. The van der Waals surface area contributed by atoms with E-state index in [0.717, 1.165) is 5.56 Å². The van der Waals surface area contributed by atoms with Gasteiger partial charge in [-0.3, -0.25) is 15.1 Å². The number of likely N-dealkylation sites (N-methyl/N-ethyl adjacent to an activating group) is 1. The Morgan fingerprint density at radius 1 is 1.30 bits per heavy atom. The van der Waals surface area contributed by atoms with Crippen molar-refractivity contribution >= 4 is 35.6 Å². The average molecular weight is 488 g/mol. The standard InChI is InChI=1S/C18H21FN4O3.HI/c1-20-18(21-13-14-4-3-5-16(12-14)23(24)25)22(2)10-11-26-17-8-6-15(19)7-9-17;/h3-9,12H,10-11,13H2,1-2H3,(H,20,21);1H. The third-order valence-electron chi connectivity index (χ3n) is 3.65. The van der Waals surface area contributed by atoms with E-state index < -0.39 is 4.92 Å².